The summed E-state index contributed by atoms with van der Waals surface area (Å²) in [6.45, 7) is 0.386. The molecule has 1 heterocycles. The molecule has 1 unspecified atom stereocenters. The van der Waals surface area contributed by atoms with Gasteiger partial charge in [0.05, 0.1) is 11.5 Å². The van der Waals surface area contributed by atoms with E-state index in [0.717, 1.165) is 5.56 Å². The number of benzene rings is 1. The fourth-order valence-corrected chi connectivity index (χ4v) is 4.79. The van der Waals surface area contributed by atoms with Crippen LogP contribution in [0.5, 0.6) is 0 Å². The SMILES string of the molecule is NCC1(Cc2ccccc2Cl)CCS(=O)(=O)C1. The minimum Gasteiger partial charge on any atom is -0.330 e. The number of hydrogen-bond acceptors (Lipinski definition) is 3. The van der Waals surface area contributed by atoms with Gasteiger partial charge in [-0.05, 0) is 31.0 Å². The Morgan fingerprint density at radius 3 is 2.59 bits per heavy atom. The molecule has 1 aromatic carbocycles. The van der Waals surface area contributed by atoms with Gasteiger partial charge in [0.15, 0.2) is 9.84 Å². The Kier molecular flexibility index (Phi) is 3.48. The standard InChI is InChI=1S/C12H16ClNO2S/c13-11-4-2-1-3-10(11)7-12(8-14)5-6-17(15,16)9-12/h1-4H,5-9,14H2. The Labute approximate surface area is 107 Å². The van der Waals surface area contributed by atoms with Crippen molar-refractivity contribution in [2.45, 2.75) is 12.8 Å². The normalized spacial score (nSPS) is 27.2. The zero-order chi connectivity index (χ0) is 12.5. The van der Waals surface area contributed by atoms with Gasteiger partial charge in [0.2, 0.25) is 0 Å². The van der Waals surface area contributed by atoms with Crippen molar-refractivity contribution < 1.29 is 8.42 Å². The highest BCUT2D eigenvalue weighted by Crippen LogP contribution is 2.36. The molecule has 2 rings (SSSR count). The summed E-state index contributed by atoms with van der Waals surface area (Å²) in [4.78, 5) is 0. The Balaban J connectivity index is 2.25. The molecule has 0 bridgehead atoms. The lowest BCUT2D eigenvalue weighted by atomic mass is 9.81. The highest BCUT2D eigenvalue weighted by atomic mass is 35.5. The maximum Gasteiger partial charge on any atom is 0.150 e. The Morgan fingerprint density at radius 2 is 2.06 bits per heavy atom. The number of nitrogens with two attached hydrogens (primary N) is 1. The minimum absolute atomic E-state index is 0.182. The molecule has 1 saturated heterocycles. The van der Waals surface area contributed by atoms with E-state index in [-0.39, 0.29) is 16.9 Å². The molecule has 0 spiro atoms. The molecular weight excluding hydrogens is 258 g/mol. The van der Waals surface area contributed by atoms with Crippen molar-refractivity contribution in [3.05, 3.63) is 34.9 Å². The summed E-state index contributed by atoms with van der Waals surface area (Å²) in [7, 11) is -2.92. The van der Waals surface area contributed by atoms with Crippen molar-refractivity contribution in [2.75, 3.05) is 18.1 Å². The number of hydrogen-bond donors (Lipinski definition) is 1. The topological polar surface area (TPSA) is 60.2 Å². The van der Waals surface area contributed by atoms with E-state index in [0.29, 0.717) is 24.4 Å². The van der Waals surface area contributed by atoms with Crippen LogP contribution in [0, 0.1) is 5.41 Å². The van der Waals surface area contributed by atoms with E-state index in [4.69, 9.17) is 17.3 Å². The molecular formula is C12H16ClNO2S. The van der Waals surface area contributed by atoms with Crippen LogP contribution in [0.3, 0.4) is 0 Å². The van der Waals surface area contributed by atoms with Gasteiger partial charge in [-0.1, -0.05) is 29.8 Å². The summed E-state index contributed by atoms with van der Waals surface area (Å²) in [5, 5.41) is 0.685. The number of sulfone groups is 1. The first kappa shape index (κ1) is 12.9. The third kappa shape index (κ3) is 2.81. The van der Waals surface area contributed by atoms with Crippen LogP contribution < -0.4 is 5.73 Å². The van der Waals surface area contributed by atoms with Gasteiger partial charge in [-0.15, -0.1) is 0 Å². The van der Waals surface area contributed by atoms with E-state index in [2.05, 4.69) is 0 Å². The molecule has 5 heteroatoms. The molecule has 0 radical (unpaired) electrons. The van der Waals surface area contributed by atoms with Crippen molar-refractivity contribution in [3.63, 3.8) is 0 Å². The summed E-state index contributed by atoms with van der Waals surface area (Å²) >= 11 is 6.10. The van der Waals surface area contributed by atoms with Crippen LogP contribution in [0.15, 0.2) is 24.3 Å². The van der Waals surface area contributed by atoms with Crippen LogP contribution >= 0.6 is 11.6 Å². The quantitative estimate of drug-likeness (QED) is 0.911. The molecule has 2 N–H and O–H groups in total. The summed E-state index contributed by atoms with van der Waals surface area (Å²) in [6, 6.07) is 7.54. The average Bonchev–Trinajstić information content (AvgIpc) is 2.59. The van der Waals surface area contributed by atoms with Gasteiger partial charge >= 0.3 is 0 Å². The van der Waals surface area contributed by atoms with Crippen LogP contribution in [0.4, 0.5) is 0 Å². The monoisotopic (exact) mass is 273 g/mol. The smallest absolute Gasteiger partial charge is 0.150 e. The predicted molar refractivity (Wildman–Crippen MR) is 69.9 cm³/mol. The first-order valence-electron chi connectivity index (χ1n) is 5.60. The van der Waals surface area contributed by atoms with Crippen molar-refractivity contribution in [1.29, 1.82) is 0 Å². The highest BCUT2D eigenvalue weighted by Gasteiger charge is 2.41. The molecule has 17 heavy (non-hydrogen) atoms. The lowest BCUT2D eigenvalue weighted by Gasteiger charge is -2.26. The molecule has 1 aliphatic rings. The molecule has 0 aromatic heterocycles. The van der Waals surface area contributed by atoms with Crippen molar-refractivity contribution in [2.24, 2.45) is 11.1 Å². The molecule has 1 aliphatic heterocycles. The van der Waals surface area contributed by atoms with E-state index in [1.807, 2.05) is 24.3 Å². The maximum absolute atomic E-state index is 11.6. The van der Waals surface area contributed by atoms with Crippen LogP contribution in [-0.4, -0.2) is 26.5 Å². The van der Waals surface area contributed by atoms with Crippen LogP contribution in [-0.2, 0) is 16.3 Å². The van der Waals surface area contributed by atoms with Crippen LogP contribution in [0.2, 0.25) is 5.02 Å². The first-order valence-corrected chi connectivity index (χ1v) is 7.80. The largest absolute Gasteiger partial charge is 0.330 e. The minimum atomic E-state index is -2.92. The average molecular weight is 274 g/mol. The van der Waals surface area contributed by atoms with Gasteiger partial charge in [-0.2, -0.15) is 0 Å². The lowest BCUT2D eigenvalue weighted by Crippen LogP contribution is -2.34. The van der Waals surface area contributed by atoms with Crippen molar-refractivity contribution >= 4 is 21.4 Å². The predicted octanol–water partition coefficient (Wildman–Crippen LogP) is 1.65. The highest BCUT2D eigenvalue weighted by molar-refractivity contribution is 7.91. The van der Waals surface area contributed by atoms with Gasteiger partial charge in [0.1, 0.15) is 0 Å². The molecule has 0 saturated carbocycles. The van der Waals surface area contributed by atoms with Crippen LogP contribution in [0.1, 0.15) is 12.0 Å². The Hall–Kier alpha value is -0.580. The zero-order valence-corrected chi connectivity index (χ0v) is 11.1. The second-order valence-corrected chi connectivity index (χ2v) is 7.41. The van der Waals surface area contributed by atoms with Gasteiger partial charge in [-0.3, -0.25) is 0 Å². The van der Waals surface area contributed by atoms with Crippen molar-refractivity contribution in [1.82, 2.24) is 0 Å². The van der Waals surface area contributed by atoms with E-state index in [1.54, 1.807) is 0 Å². The van der Waals surface area contributed by atoms with E-state index < -0.39 is 9.84 Å². The first-order chi connectivity index (χ1) is 7.96. The molecule has 3 nitrogen and oxygen atoms in total. The number of rotatable bonds is 3. The molecule has 0 aliphatic carbocycles. The van der Waals surface area contributed by atoms with Gasteiger partial charge < -0.3 is 5.73 Å². The second kappa shape index (κ2) is 4.59. The third-order valence-electron chi connectivity index (χ3n) is 3.43. The molecule has 0 amide bonds. The molecule has 1 aromatic rings. The molecule has 1 fully saturated rings. The van der Waals surface area contributed by atoms with Crippen LogP contribution in [0.25, 0.3) is 0 Å². The molecule has 1 atom stereocenters. The van der Waals surface area contributed by atoms with E-state index >= 15 is 0 Å². The summed E-state index contributed by atoms with van der Waals surface area (Å²) < 4.78 is 23.2. The lowest BCUT2D eigenvalue weighted by molar-refractivity contribution is 0.344. The van der Waals surface area contributed by atoms with E-state index in [1.165, 1.54) is 0 Å². The summed E-state index contributed by atoms with van der Waals surface area (Å²) in [6.07, 6.45) is 1.28. The van der Waals surface area contributed by atoms with Gasteiger partial charge in [-0.25, -0.2) is 8.42 Å². The fraction of sp³-hybridized carbons (Fsp3) is 0.500. The van der Waals surface area contributed by atoms with Gasteiger partial charge in [0.25, 0.3) is 0 Å². The van der Waals surface area contributed by atoms with Crippen molar-refractivity contribution in [3.8, 4) is 0 Å². The second-order valence-electron chi connectivity index (χ2n) is 4.81. The Morgan fingerprint density at radius 1 is 1.35 bits per heavy atom. The number of halogens is 1. The summed E-state index contributed by atoms with van der Waals surface area (Å²) in [5.41, 5.74) is 6.43. The zero-order valence-electron chi connectivity index (χ0n) is 9.52. The maximum atomic E-state index is 11.6. The van der Waals surface area contributed by atoms with E-state index in [9.17, 15) is 8.42 Å². The summed E-state index contributed by atoms with van der Waals surface area (Å²) in [5.74, 6) is 0.427. The molecule has 94 valence electrons. The fourth-order valence-electron chi connectivity index (χ4n) is 2.40. The van der Waals surface area contributed by atoms with Gasteiger partial charge in [0, 0.05) is 10.4 Å². The third-order valence-corrected chi connectivity index (χ3v) is 5.67. The Bertz CT molecular complexity index is 515.